The highest BCUT2D eigenvalue weighted by atomic mass is 16.6. The molecule has 0 saturated carbocycles. The maximum absolute atomic E-state index is 12.8. The van der Waals surface area contributed by atoms with Crippen molar-refractivity contribution in [1.29, 1.82) is 0 Å². The number of benzene rings is 1. The van der Waals surface area contributed by atoms with E-state index in [0.717, 1.165) is 5.56 Å². The second-order valence-electron chi connectivity index (χ2n) is 8.82. The highest BCUT2D eigenvalue weighted by molar-refractivity contribution is 6.04. The maximum Gasteiger partial charge on any atom is 0.410 e. The molecule has 1 atom stereocenters. The van der Waals surface area contributed by atoms with Crippen molar-refractivity contribution in [3.8, 4) is 0 Å². The number of carbonyl (C=O) groups is 3. The van der Waals surface area contributed by atoms with Crippen molar-refractivity contribution in [2.75, 3.05) is 41.7 Å². The summed E-state index contributed by atoms with van der Waals surface area (Å²) in [6, 6.07) is 7.25. The molecule has 170 valence electrons. The molecule has 0 unspecified atom stereocenters. The van der Waals surface area contributed by atoms with Crippen molar-refractivity contribution in [2.45, 2.75) is 38.7 Å². The number of piperazine rings is 1. The molecular formula is C21H27N7O4. The molecule has 0 spiro atoms. The fraction of sp³-hybridized carbons (Fsp3) is 0.476. The van der Waals surface area contributed by atoms with Gasteiger partial charge in [-0.1, -0.05) is 18.2 Å². The summed E-state index contributed by atoms with van der Waals surface area (Å²) in [5.41, 5.74) is 0.873. The van der Waals surface area contributed by atoms with Crippen LogP contribution in [0, 0.1) is 0 Å². The summed E-state index contributed by atoms with van der Waals surface area (Å²) in [5, 5.41) is 12.4. The van der Waals surface area contributed by atoms with Crippen LogP contribution in [-0.4, -0.2) is 69.8 Å². The van der Waals surface area contributed by atoms with Gasteiger partial charge in [0.05, 0.1) is 5.92 Å². The molecule has 0 radical (unpaired) electrons. The van der Waals surface area contributed by atoms with Gasteiger partial charge in [0.1, 0.15) is 5.60 Å². The van der Waals surface area contributed by atoms with Crippen LogP contribution in [0.15, 0.2) is 24.3 Å². The average Bonchev–Trinajstić information content (AvgIpc) is 3.20. The number of nitrogens with zero attached hydrogens (tertiary/aromatic N) is 4. The van der Waals surface area contributed by atoms with Crippen LogP contribution < -0.4 is 15.5 Å². The van der Waals surface area contributed by atoms with Crippen molar-refractivity contribution in [3.05, 3.63) is 29.8 Å². The van der Waals surface area contributed by atoms with Crippen LogP contribution in [-0.2, 0) is 14.3 Å². The second-order valence-corrected chi connectivity index (χ2v) is 8.82. The Morgan fingerprint density at radius 1 is 1.16 bits per heavy atom. The van der Waals surface area contributed by atoms with Gasteiger partial charge in [-0.3, -0.25) is 14.9 Å². The Kier molecular flexibility index (Phi) is 5.72. The molecule has 1 aromatic carbocycles. The Labute approximate surface area is 185 Å². The topological polar surface area (TPSA) is 133 Å². The lowest BCUT2D eigenvalue weighted by molar-refractivity contribution is -0.123. The number of hydrogen-bond acceptors (Lipinski definition) is 7. The van der Waals surface area contributed by atoms with E-state index in [1.54, 1.807) is 11.0 Å². The van der Waals surface area contributed by atoms with Crippen molar-refractivity contribution >= 4 is 35.5 Å². The molecule has 3 N–H and O–H groups in total. The predicted molar refractivity (Wildman–Crippen MR) is 117 cm³/mol. The van der Waals surface area contributed by atoms with Crippen LogP contribution >= 0.6 is 0 Å². The number of ether oxygens (including phenoxy) is 1. The van der Waals surface area contributed by atoms with Gasteiger partial charge in [0.15, 0.2) is 0 Å². The Balaban J connectivity index is 1.36. The van der Waals surface area contributed by atoms with Crippen LogP contribution in [0.5, 0.6) is 0 Å². The van der Waals surface area contributed by atoms with Gasteiger partial charge >= 0.3 is 6.09 Å². The van der Waals surface area contributed by atoms with E-state index in [-0.39, 0.29) is 30.3 Å². The molecule has 3 amide bonds. The van der Waals surface area contributed by atoms with Crippen LogP contribution in [0.3, 0.4) is 0 Å². The minimum Gasteiger partial charge on any atom is -0.444 e. The quantitative estimate of drug-likeness (QED) is 0.663. The number of carbonyl (C=O) groups excluding carboxylic acids is 3. The Morgan fingerprint density at radius 2 is 1.88 bits per heavy atom. The first-order valence-electron chi connectivity index (χ1n) is 10.5. The van der Waals surface area contributed by atoms with Crippen molar-refractivity contribution in [1.82, 2.24) is 20.1 Å². The van der Waals surface area contributed by atoms with Gasteiger partial charge < -0.3 is 19.9 Å². The highest BCUT2D eigenvalue weighted by Gasteiger charge is 2.31. The highest BCUT2D eigenvalue weighted by Crippen LogP contribution is 2.32. The van der Waals surface area contributed by atoms with E-state index >= 15 is 0 Å². The molecule has 2 aromatic rings. The van der Waals surface area contributed by atoms with Gasteiger partial charge in [-0.2, -0.15) is 4.98 Å². The molecule has 0 bridgehead atoms. The number of aromatic nitrogens is 3. The van der Waals surface area contributed by atoms with E-state index < -0.39 is 11.5 Å². The molecule has 0 aliphatic carbocycles. The summed E-state index contributed by atoms with van der Waals surface area (Å²) in [5.74, 6) is -0.491. The number of nitrogens with one attached hydrogen (secondary N) is 3. The predicted octanol–water partition coefficient (Wildman–Crippen LogP) is 1.93. The van der Waals surface area contributed by atoms with Gasteiger partial charge in [0.25, 0.3) is 0 Å². The SMILES string of the molecule is CC(C)(C)OC(=O)N1CCN(c2n[nH]c(NC(=O)[C@H]3CC(=O)Nc4ccccc43)n2)CC1. The van der Waals surface area contributed by atoms with E-state index in [4.69, 9.17) is 4.74 Å². The lowest BCUT2D eigenvalue weighted by Crippen LogP contribution is -2.50. The summed E-state index contributed by atoms with van der Waals surface area (Å²) in [6.07, 6.45) is -0.270. The smallest absolute Gasteiger partial charge is 0.410 e. The Morgan fingerprint density at radius 3 is 2.59 bits per heavy atom. The molecule has 11 heteroatoms. The van der Waals surface area contributed by atoms with E-state index in [1.165, 1.54) is 0 Å². The summed E-state index contributed by atoms with van der Waals surface area (Å²) in [4.78, 5) is 45.0. The van der Waals surface area contributed by atoms with E-state index in [9.17, 15) is 14.4 Å². The molecule has 32 heavy (non-hydrogen) atoms. The number of rotatable bonds is 3. The van der Waals surface area contributed by atoms with Crippen LogP contribution in [0.1, 0.15) is 38.7 Å². The monoisotopic (exact) mass is 441 g/mol. The maximum atomic E-state index is 12.8. The first kappa shape index (κ1) is 21.6. The molecule has 4 rings (SSSR count). The zero-order valence-electron chi connectivity index (χ0n) is 18.3. The summed E-state index contributed by atoms with van der Waals surface area (Å²) in [6.45, 7) is 7.56. The molecule has 1 aromatic heterocycles. The standard InChI is InChI=1S/C21H27N7O4/c1-21(2,3)32-20(31)28-10-8-27(9-11-28)19-24-18(25-26-19)23-17(30)14-12-16(29)22-15-7-5-4-6-13(14)15/h4-7,14H,8-12H2,1-3H3,(H,22,29)(H2,23,24,25,26,30)/t14-/m0/s1. The summed E-state index contributed by atoms with van der Waals surface area (Å²) >= 11 is 0. The van der Waals surface area contributed by atoms with Gasteiger partial charge in [0.2, 0.25) is 23.7 Å². The minimum absolute atomic E-state index is 0.0659. The lowest BCUT2D eigenvalue weighted by Gasteiger charge is -2.35. The summed E-state index contributed by atoms with van der Waals surface area (Å²) in [7, 11) is 0. The van der Waals surface area contributed by atoms with Gasteiger partial charge in [0, 0.05) is 38.3 Å². The molecule has 2 aliphatic heterocycles. The van der Waals surface area contributed by atoms with Crippen molar-refractivity contribution in [3.63, 3.8) is 0 Å². The first-order chi connectivity index (χ1) is 15.2. The van der Waals surface area contributed by atoms with Gasteiger partial charge in [-0.05, 0) is 32.4 Å². The molecule has 1 fully saturated rings. The number of para-hydroxylation sites is 1. The van der Waals surface area contributed by atoms with Crippen molar-refractivity contribution in [2.24, 2.45) is 0 Å². The lowest BCUT2D eigenvalue weighted by atomic mass is 9.90. The van der Waals surface area contributed by atoms with Gasteiger partial charge in [-0.15, -0.1) is 5.10 Å². The number of fused-ring (bicyclic) bond motifs is 1. The third kappa shape index (κ3) is 4.82. The number of anilines is 3. The molecule has 3 heterocycles. The van der Waals surface area contributed by atoms with Crippen LogP contribution in [0.2, 0.25) is 0 Å². The number of H-pyrrole nitrogens is 1. The fourth-order valence-electron chi connectivity index (χ4n) is 3.71. The van der Waals surface area contributed by atoms with Gasteiger partial charge in [-0.25, -0.2) is 9.89 Å². The number of aromatic amines is 1. The summed E-state index contributed by atoms with van der Waals surface area (Å²) < 4.78 is 5.41. The zero-order chi connectivity index (χ0) is 22.9. The first-order valence-corrected chi connectivity index (χ1v) is 10.5. The van der Waals surface area contributed by atoms with E-state index in [1.807, 2.05) is 43.9 Å². The molecule has 1 saturated heterocycles. The Hall–Kier alpha value is -3.63. The van der Waals surface area contributed by atoms with E-state index in [0.29, 0.717) is 37.8 Å². The Bertz CT molecular complexity index is 1020. The van der Waals surface area contributed by atoms with Crippen molar-refractivity contribution < 1.29 is 19.1 Å². The fourth-order valence-corrected chi connectivity index (χ4v) is 3.71. The van der Waals surface area contributed by atoms with E-state index in [2.05, 4.69) is 25.8 Å². The van der Waals surface area contributed by atoms with Crippen LogP contribution in [0.4, 0.5) is 22.4 Å². The molecular weight excluding hydrogens is 414 g/mol. The number of amides is 3. The largest absolute Gasteiger partial charge is 0.444 e. The van der Waals surface area contributed by atoms with Crippen LogP contribution in [0.25, 0.3) is 0 Å². The third-order valence-corrected chi connectivity index (χ3v) is 5.25. The second kappa shape index (κ2) is 8.48. The minimum atomic E-state index is -0.606. The molecule has 11 nitrogen and oxygen atoms in total. The zero-order valence-corrected chi connectivity index (χ0v) is 18.3. The molecule has 2 aliphatic rings. The number of hydrogen-bond donors (Lipinski definition) is 3. The third-order valence-electron chi connectivity index (χ3n) is 5.25. The normalized spacial score (nSPS) is 18.6. The average molecular weight is 441 g/mol.